The second kappa shape index (κ2) is 10.4. The molecule has 1 amide bonds. The number of fused-ring (bicyclic) bond motifs is 2. The summed E-state index contributed by atoms with van der Waals surface area (Å²) in [7, 11) is 0. The van der Waals surface area contributed by atoms with Crippen LogP contribution in [0.5, 0.6) is 0 Å². The van der Waals surface area contributed by atoms with Gasteiger partial charge < -0.3 is 30.6 Å². The Hall–Kier alpha value is -3.83. The molecule has 0 aliphatic heterocycles. The molecule has 2 heterocycles. The van der Waals surface area contributed by atoms with Crippen LogP contribution in [0.15, 0.2) is 29.1 Å². The van der Waals surface area contributed by atoms with Crippen molar-refractivity contribution in [3.63, 3.8) is 0 Å². The van der Waals surface area contributed by atoms with E-state index in [9.17, 15) is 29.0 Å². The zero-order chi connectivity index (χ0) is 26.0. The van der Waals surface area contributed by atoms with E-state index in [2.05, 4.69) is 15.3 Å². The number of benzene rings is 1. The molecule has 2 unspecified atom stereocenters. The second-order valence-corrected chi connectivity index (χ2v) is 8.75. The lowest BCUT2D eigenvalue weighted by Crippen LogP contribution is -2.37. The quantitative estimate of drug-likeness (QED) is 0.257. The Bertz CT molecular complexity index is 1510. The van der Waals surface area contributed by atoms with E-state index in [1.54, 1.807) is 6.08 Å². The highest BCUT2D eigenvalue weighted by atomic mass is 19.1. The maximum atomic E-state index is 15.2. The molecule has 2 atom stereocenters. The van der Waals surface area contributed by atoms with Crippen LogP contribution in [-0.4, -0.2) is 55.9 Å². The van der Waals surface area contributed by atoms with E-state index in [0.29, 0.717) is 11.8 Å². The highest BCUT2D eigenvalue weighted by molar-refractivity contribution is 5.99. The van der Waals surface area contributed by atoms with Crippen LogP contribution in [0.3, 0.4) is 0 Å². The van der Waals surface area contributed by atoms with Crippen LogP contribution in [0, 0.1) is 5.82 Å². The fraction of sp³-hybridized carbons (Fsp3) is 0.320. The maximum absolute atomic E-state index is 15.2. The molecule has 4 rings (SSSR count). The van der Waals surface area contributed by atoms with Crippen LogP contribution in [0.2, 0.25) is 0 Å². The fourth-order valence-corrected chi connectivity index (χ4v) is 4.25. The van der Waals surface area contributed by atoms with Crippen molar-refractivity contribution in [2.45, 2.75) is 44.3 Å². The molecule has 6 N–H and O–H groups in total. The summed E-state index contributed by atoms with van der Waals surface area (Å²) in [5.41, 5.74) is -0.287. The van der Waals surface area contributed by atoms with Crippen LogP contribution in [0.1, 0.15) is 42.5 Å². The van der Waals surface area contributed by atoms with Gasteiger partial charge >= 0.3 is 5.97 Å². The first-order valence-corrected chi connectivity index (χ1v) is 11.4. The third-order valence-corrected chi connectivity index (χ3v) is 6.06. The molecule has 0 fully saturated rings. The molecule has 9 nitrogen and oxygen atoms in total. The number of aliphatic carboxylic acids is 1. The third-order valence-electron chi connectivity index (χ3n) is 6.06. The number of aromatic amines is 2. The Labute approximate surface area is 202 Å². The molecule has 0 saturated carbocycles. The van der Waals surface area contributed by atoms with Crippen molar-refractivity contribution in [1.29, 1.82) is 0 Å². The molecule has 36 heavy (non-hydrogen) atoms. The van der Waals surface area contributed by atoms with Crippen molar-refractivity contribution in [3.05, 3.63) is 56.6 Å². The normalized spacial score (nSPS) is 14.7. The number of amides is 1. The lowest BCUT2D eigenvalue weighted by molar-refractivity contribution is -0.139. The SMILES string of the molecule is O=C(O)CC(O)CC(O)CCNC(=O)c1ccc2c(F)c(-c3cc4c([nH]c3=O)=CCCC=4F)[nH]c2c1. The number of halogens is 2. The predicted octanol–water partition coefficient (Wildman–Crippen LogP) is 1.02. The first kappa shape index (κ1) is 25.3. The number of hydrogen-bond acceptors (Lipinski definition) is 5. The summed E-state index contributed by atoms with van der Waals surface area (Å²) in [6, 6.07) is 5.53. The van der Waals surface area contributed by atoms with Crippen molar-refractivity contribution in [2.75, 3.05) is 6.54 Å². The van der Waals surface area contributed by atoms with Crippen molar-refractivity contribution in [2.24, 2.45) is 0 Å². The summed E-state index contributed by atoms with van der Waals surface area (Å²) in [6.45, 7) is 0.0613. The summed E-state index contributed by atoms with van der Waals surface area (Å²) < 4.78 is 29.4. The van der Waals surface area contributed by atoms with Gasteiger partial charge in [-0.15, -0.1) is 0 Å². The molecule has 11 heteroatoms. The molecule has 0 bridgehead atoms. The van der Waals surface area contributed by atoms with Crippen LogP contribution < -0.4 is 21.4 Å². The number of aliphatic hydroxyl groups excluding tert-OH is 2. The first-order valence-electron chi connectivity index (χ1n) is 11.4. The maximum Gasteiger partial charge on any atom is 0.305 e. The number of H-pyrrole nitrogens is 2. The number of carboxylic acids is 1. The monoisotopic (exact) mass is 501 g/mol. The highest BCUT2D eigenvalue weighted by Crippen LogP contribution is 2.27. The number of nitrogens with one attached hydrogen (secondary N) is 3. The zero-order valence-corrected chi connectivity index (χ0v) is 19.1. The number of carbonyl (C=O) groups excluding carboxylic acids is 1. The van der Waals surface area contributed by atoms with E-state index in [0.717, 1.165) is 0 Å². The summed E-state index contributed by atoms with van der Waals surface area (Å²) in [6.07, 6.45) is -0.344. The van der Waals surface area contributed by atoms with E-state index in [-0.39, 0.29) is 64.6 Å². The number of aliphatic hydroxyl groups is 2. The van der Waals surface area contributed by atoms with E-state index in [1.165, 1.54) is 24.3 Å². The van der Waals surface area contributed by atoms with Gasteiger partial charge in [0.05, 0.1) is 29.9 Å². The van der Waals surface area contributed by atoms with Gasteiger partial charge in [0.2, 0.25) is 0 Å². The molecular weight excluding hydrogens is 476 g/mol. The van der Waals surface area contributed by atoms with E-state index in [4.69, 9.17) is 5.11 Å². The van der Waals surface area contributed by atoms with Gasteiger partial charge in [0.1, 0.15) is 5.83 Å². The Kier molecular flexibility index (Phi) is 7.32. The topological polar surface area (TPSA) is 156 Å². The molecule has 0 radical (unpaired) electrons. The molecule has 190 valence electrons. The smallest absolute Gasteiger partial charge is 0.305 e. The van der Waals surface area contributed by atoms with E-state index in [1.807, 2.05) is 0 Å². The molecule has 1 aromatic carbocycles. The minimum absolute atomic E-state index is 0.0574. The Morgan fingerprint density at radius 1 is 1.11 bits per heavy atom. The molecule has 1 aliphatic carbocycles. The fourth-order valence-electron chi connectivity index (χ4n) is 4.25. The number of carbonyl (C=O) groups is 2. The number of rotatable bonds is 9. The molecular formula is C25H25F2N3O6. The second-order valence-electron chi connectivity index (χ2n) is 8.75. The van der Waals surface area contributed by atoms with Gasteiger partial charge in [0.25, 0.3) is 11.5 Å². The minimum atomic E-state index is -1.19. The highest BCUT2D eigenvalue weighted by Gasteiger charge is 2.19. The van der Waals surface area contributed by atoms with Gasteiger partial charge in [-0.1, -0.05) is 6.08 Å². The molecule has 1 aliphatic rings. The predicted molar refractivity (Wildman–Crippen MR) is 128 cm³/mol. The van der Waals surface area contributed by atoms with Gasteiger partial charge in [0.15, 0.2) is 5.82 Å². The Morgan fingerprint density at radius 3 is 2.64 bits per heavy atom. The average molecular weight is 501 g/mol. The summed E-state index contributed by atoms with van der Waals surface area (Å²) >= 11 is 0. The van der Waals surface area contributed by atoms with Crippen LogP contribution in [0.4, 0.5) is 8.78 Å². The van der Waals surface area contributed by atoms with Gasteiger partial charge in [-0.3, -0.25) is 14.4 Å². The average Bonchev–Trinajstić information content (AvgIpc) is 3.13. The van der Waals surface area contributed by atoms with Gasteiger partial charge in [-0.05, 0) is 43.5 Å². The van der Waals surface area contributed by atoms with Crippen molar-refractivity contribution in [3.8, 4) is 11.3 Å². The number of aromatic nitrogens is 2. The van der Waals surface area contributed by atoms with Gasteiger partial charge in [-0.25, -0.2) is 8.78 Å². The van der Waals surface area contributed by atoms with Crippen LogP contribution in [-0.2, 0) is 4.79 Å². The largest absolute Gasteiger partial charge is 0.481 e. The third kappa shape index (κ3) is 5.37. The van der Waals surface area contributed by atoms with Crippen molar-refractivity contribution in [1.82, 2.24) is 15.3 Å². The summed E-state index contributed by atoms with van der Waals surface area (Å²) in [5.74, 6) is -2.76. The lowest BCUT2D eigenvalue weighted by atomic mass is 10.1. The molecule has 0 saturated heterocycles. The first-order chi connectivity index (χ1) is 17.1. The minimum Gasteiger partial charge on any atom is -0.481 e. The van der Waals surface area contributed by atoms with Crippen molar-refractivity contribution < 1.29 is 33.7 Å². The Balaban J connectivity index is 1.50. The van der Waals surface area contributed by atoms with Crippen LogP contribution >= 0.6 is 0 Å². The number of pyridine rings is 1. The Morgan fingerprint density at radius 2 is 1.89 bits per heavy atom. The summed E-state index contributed by atoms with van der Waals surface area (Å²) in [5, 5.41) is 31.4. The molecule has 2 aromatic heterocycles. The number of hydrogen-bond donors (Lipinski definition) is 6. The molecule has 0 spiro atoms. The zero-order valence-electron chi connectivity index (χ0n) is 19.1. The summed E-state index contributed by atoms with van der Waals surface area (Å²) in [4.78, 5) is 41.1. The lowest BCUT2D eigenvalue weighted by Gasteiger charge is -2.14. The van der Waals surface area contributed by atoms with Crippen LogP contribution in [0.25, 0.3) is 34.1 Å². The molecule has 3 aromatic rings. The van der Waals surface area contributed by atoms with Gasteiger partial charge in [-0.2, -0.15) is 0 Å². The van der Waals surface area contributed by atoms with E-state index >= 15 is 4.39 Å². The van der Waals surface area contributed by atoms with Crippen molar-refractivity contribution >= 4 is 34.7 Å². The standard InChI is InChI=1S/C25H25F2N3O6/c26-18-2-1-3-19-16(18)11-17(25(36)30-19)23-22(27)15-5-4-12(8-20(15)29-23)24(35)28-7-6-13(31)9-14(32)10-21(33)34/h3-5,8,11,13-14,29,31-32H,1-2,6-7,9-10H2,(H,28,35)(H,30,36)(H,33,34). The number of carboxylic acid groups (broad SMARTS) is 1. The van der Waals surface area contributed by atoms with E-state index < -0.39 is 41.9 Å². The van der Waals surface area contributed by atoms with Gasteiger partial charge in [0, 0.05) is 40.0 Å².